The number of benzene rings is 2. The lowest BCUT2D eigenvalue weighted by Crippen LogP contribution is -2.48. The summed E-state index contributed by atoms with van der Waals surface area (Å²) >= 11 is 7.77. The lowest BCUT2D eigenvalue weighted by molar-refractivity contribution is -0.117. The maximum absolute atomic E-state index is 13.6. The van der Waals surface area contributed by atoms with Gasteiger partial charge in [0.2, 0.25) is 5.78 Å². The van der Waals surface area contributed by atoms with Crippen LogP contribution in [0.5, 0.6) is 17.2 Å². The molecule has 5 nitrogen and oxygen atoms in total. The molecule has 2 aromatic carbocycles. The van der Waals surface area contributed by atoms with E-state index in [1.165, 1.54) is 26.0 Å². The second-order valence-corrected chi connectivity index (χ2v) is 8.47. The highest BCUT2D eigenvalue weighted by Crippen LogP contribution is 2.53. The minimum Gasteiger partial charge on any atom is -0.496 e. The smallest absolute Gasteiger partial charge is 0.218 e. The van der Waals surface area contributed by atoms with Gasteiger partial charge in [-0.1, -0.05) is 48.5 Å². The molecule has 0 N–H and O–H groups in total. The van der Waals surface area contributed by atoms with Crippen LogP contribution in [0, 0.1) is 5.92 Å². The van der Waals surface area contributed by atoms with Crippen molar-refractivity contribution in [3.63, 3.8) is 0 Å². The van der Waals surface area contributed by atoms with Crippen LogP contribution in [0.25, 0.3) is 0 Å². The van der Waals surface area contributed by atoms with Gasteiger partial charge in [0.05, 0.1) is 19.1 Å². The van der Waals surface area contributed by atoms with Gasteiger partial charge < -0.3 is 14.2 Å². The number of allylic oxidation sites excluding steroid dienone is 1. The Labute approximate surface area is 178 Å². The summed E-state index contributed by atoms with van der Waals surface area (Å²) in [5.74, 6) is 0.281. The summed E-state index contributed by atoms with van der Waals surface area (Å²) in [7, 11) is 2.96. The molecule has 0 fully saturated rings. The largest absolute Gasteiger partial charge is 0.496 e. The fourth-order valence-corrected chi connectivity index (χ4v) is 4.93. The number of hydrogen-bond acceptors (Lipinski definition) is 6. The molecule has 1 heterocycles. The maximum Gasteiger partial charge on any atom is 0.218 e. The molecule has 150 valence electrons. The number of hydrogen-bond donors (Lipinski definition) is 0. The normalized spacial score (nSPS) is 22.9. The summed E-state index contributed by atoms with van der Waals surface area (Å²) < 4.78 is 16.9. The van der Waals surface area contributed by atoms with Crippen molar-refractivity contribution < 1.29 is 23.8 Å². The van der Waals surface area contributed by atoms with E-state index in [1.807, 2.05) is 37.3 Å². The summed E-state index contributed by atoms with van der Waals surface area (Å²) in [4.78, 5) is 27.6. The summed E-state index contributed by atoms with van der Waals surface area (Å²) in [6.45, 7) is 1.83. The van der Waals surface area contributed by atoms with Gasteiger partial charge in [-0.15, -0.1) is 0 Å². The van der Waals surface area contributed by atoms with Gasteiger partial charge >= 0.3 is 0 Å². The second-order valence-electron chi connectivity index (χ2n) is 6.98. The highest BCUT2D eigenvalue weighted by atomic mass is 35.5. The van der Waals surface area contributed by atoms with Gasteiger partial charge in [-0.2, -0.15) is 0 Å². The van der Waals surface area contributed by atoms with E-state index in [0.29, 0.717) is 16.4 Å². The van der Waals surface area contributed by atoms with Crippen LogP contribution in [0.1, 0.15) is 23.7 Å². The van der Waals surface area contributed by atoms with Crippen LogP contribution in [0.15, 0.2) is 52.3 Å². The molecule has 29 heavy (non-hydrogen) atoms. The second kappa shape index (κ2) is 7.43. The van der Waals surface area contributed by atoms with Crippen LogP contribution in [0.2, 0.25) is 5.02 Å². The molecule has 0 bridgehead atoms. The van der Waals surface area contributed by atoms with Gasteiger partial charge in [-0.25, -0.2) is 0 Å². The Kier molecular flexibility index (Phi) is 5.09. The first-order valence-corrected chi connectivity index (χ1v) is 10.3. The van der Waals surface area contributed by atoms with Crippen LogP contribution in [0.3, 0.4) is 0 Å². The number of carbonyl (C=O) groups is 2. The molecule has 4 rings (SSSR count). The molecule has 1 aliphatic carbocycles. The number of thioether (sulfide) groups is 1. The molecular formula is C22H19ClO5S. The van der Waals surface area contributed by atoms with E-state index < -0.39 is 5.60 Å². The molecule has 1 spiro atoms. The number of ether oxygens (including phenoxy) is 3. The minimum absolute atomic E-state index is 0.0139. The van der Waals surface area contributed by atoms with E-state index in [1.54, 1.807) is 12.1 Å². The Morgan fingerprint density at radius 3 is 2.48 bits per heavy atom. The number of carbonyl (C=O) groups excluding carboxylic acids is 2. The van der Waals surface area contributed by atoms with E-state index in [9.17, 15) is 9.59 Å². The summed E-state index contributed by atoms with van der Waals surface area (Å²) in [5.41, 5.74) is -1.03. The van der Waals surface area contributed by atoms with Gasteiger partial charge in [0.1, 0.15) is 22.1 Å². The molecule has 0 amide bonds. The van der Waals surface area contributed by atoms with Crippen molar-refractivity contribution in [1.29, 1.82) is 0 Å². The Morgan fingerprint density at radius 1 is 1.14 bits per heavy atom. The molecule has 2 unspecified atom stereocenters. The SMILES string of the molecule is COc1cc(OC)c2c(c1Cl)OC1(C=C(Sc3ccccc3)C(=O)CC1C)C2=O. The zero-order valence-electron chi connectivity index (χ0n) is 16.2. The van der Waals surface area contributed by atoms with Crippen LogP contribution >= 0.6 is 23.4 Å². The quantitative estimate of drug-likeness (QED) is 0.683. The predicted octanol–water partition coefficient (Wildman–Crippen LogP) is 4.96. The topological polar surface area (TPSA) is 61.8 Å². The van der Waals surface area contributed by atoms with Gasteiger partial charge in [0, 0.05) is 23.3 Å². The van der Waals surface area contributed by atoms with Gasteiger partial charge in [0.25, 0.3) is 0 Å². The number of ketones is 2. The van der Waals surface area contributed by atoms with Crippen molar-refractivity contribution >= 4 is 34.9 Å². The standard InChI is InChI=1S/C22H19ClO5S/c1-12-9-14(24)17(29-13-7-5-4-6-8-13)11-22(12)21(25)18-15(26-2)10-16(27-3)19(23)20(18)28-22/h4-8,10-12H,9H2,1-3H3. The van der Waals surface area contributed by atoms with Crippen LogP contribution in [-0.2, 0) is 4.79 Å². The number of rotatable bonds is 4. The molecule has 0 radical (unpaired) electrons. The summed E-state index contributed by atoms with van der Waals surface area (Å²) in [6.07, 6.45) is 1.84. The molecular weight excluding hydrogens is 412 g/mol. The van der Waals surface area contributed by atoms with Crippen molar-refractivity contribution in [2.24, 2.45) is 5.92 Å². The lowest BCUT2D eigenvalue weighted by Gasteiger charge is -2.34. The van der Waals surface area contributed by atoms with Crippen LogP contribution in [-0.4, -0.2) is 31.4 Å². The fraction of sp³-hybridized carbons (Fsp3) is 0.273. The van der Waals surface area contributed by atoms with Gasteiger partial charge in [-0.05, 0) is 18.2 Å². The zero-order valence-corrected chi connectivity index (χ0v) is 17.7. The predicted molar refractivity (Wildman–Crippen MR) is 111 cm³/mol. The minimum atomic E-state index is -1.31. The number of halogens is 1. The molecule has 2 atom stereocenters. The first kappa shape index (κ1) is 19.9. The van der Waals surface area contributed by atoms with Crippen LogP contribution in [0.4, 0.5) is 0 Å². The molecule has 2 aliphatic rings. The third-order valence-electron chi connectivity index (χ3n) is 5.26. The molecule has 7 heteroatoms. The van der Waals surface area contributed by atoms with Crippen molar-refractivity contribution in [3.05, 3.63) is 58.0 Å². The van der Waals surface area contributed by atoms with E-state index >= 15 is 0 Å². The molecule has 0 aromatic heterocycles. The van der Waals surface area contributed by atoms with Gasteiger partial charge in [0.15, 0.2) is 17.1 Å². The third-order valence-corrected chi connectivity index (χ3v) is 6.69. The third kappa shape index (κ3) is 3.11. The van der Waals surface area contributed by atoms with Crippen molar-refractivity contribution in [1.82, 2.24) is 0 Å². The fourth-order valence-electron chi connectivity index (χ4n) is 3.69. The van der Waals surface area contributed by atoms with Crippen molar-refractivity contribution in [2.45, 2.75) is 23.8 Å². The lowest BCUT2D eigenvalue weighted by atomic mass is 9.77. The van der Waals surface area contributed by atoms with Crippen molar-refractivity contribution in [2.75, 3.05) is 14.2 Å². The molecule has 0 saturated heterocycles. The number of fused-ring (bicyclic) bond motifs is 1. The average Bonchev–Trinajstić information content (AvgIpc) is 3.02. The highest BCUT2D eigenvalue weighted by Gasteiger charge is 2.55. The van der Waals surface area contributed by atoms with E-state index in [0.717, 1.165) is 4.90 Å². The monoisotopic (exact) mass is 430 g/mol. The average molecular weight is 431 g/mol. The highest BCUT2D eigenvalue weighted by molar-refractivity contribution is 8.04. The van der Waals surface area contributed by atoms with E-state index in [4.69, 9.17) is 25.8 Å². The molecule has 0 saturated carbocycles. The Balaban J connectivity index is 1.83. The summed E-state index contributed by atoms with van der Waals surface area (Å²) in [6, 6.07) is 11.1. The van der Waals surface area contributed by atoms with E-state index in [-0.39, 0.29) is 40.2 Å². The summed E-state index contributed by atoms with van der Waals surface area (Å²) in [5, 5.41) is 0.211. The molecule has 2 aromatic rings. The maximum atomic E-state index is 13.6. The zero-order chi connectivity index (χ0) is 20.8. The van der Waals surface area contributed by atoms with Crippen LogP contribution < -0.4 is 14.2 Å². The van der Waals surface area contributed by atoms with E-state index in [2.05, 4.69) is 0 Å². The van der Waals surface area contributed by atoms with Gasteiger partial charge in [-0.3, -0.25) is 9.59 Å². The Morgan fingerprint density at radius 2 is 1.83 bits per heavy atom. The number of methoxy groups -OCH3 is 2. The Bertz CT molecular complexity index is 1030. The Hall–Kier alpha value is -2.44. The first-order valence-electron chi connectivity index (χ1n) is 9.08. The van der Waals surface area contributed by atoms with Crippen molar-refractivity contribution in [3.8, 4) is 17.2 Å². The number of Topliss-reactive ketones (excluding diaryl/α,β-unsaturated/α-hetero) is 2. The molecule has 1 aliphatic heterocycles. The first-order chi connectivity index (χ1) is 13.9.